The number of hydrogen-bond donors (Lipinski definition) is 14. The van der Waals surface area contributed by atoms with Crippen LogP contribution in [0.4, 0.5) is 8.78 Å². The lowest BCUT2D eigenvalue weighted by molar-refractivity contribution is -0.282. The zero-order chi connectivity index (χ0) is 38.5. The van der Waals surface area contributed by atoms with E-state index in [0.717, 1.165) is 0 Å². The molecule has 2 saturated heterocycles. The Bertz CT molecular complexity index is 1190. The van der Waals surface area contributed by atoms with E-state index in [-0.39, 0.29) is 39.1 Å². The summed E-state index contributed by atoms with van der Waals surface area (Å²) in [5, 5.41) is 77.7. The first kappa shape index (κ1) is 42.9. The highest BCUT2D eigenvalue weighted by molar-refractivity contribution is 5.82. The highest BCUT2D eigenvalue weighted by atomic mass is 19.3. The minimum Gasteiger partial charge on any atom is -0.467 e. The number of amides is 1. The molecule has 3 aliphatic heterocycles. The van der Waals surface area contributed by atoms with E-state index in [4.69, 9.17) is 62.2 Å². The van der Waals surface area contributed by atoms with E-state index in [1.807, 2.05) is 0 Å². The van der Waals surface area contributed by atoms with Crippen LogP contribution in [0.25, 0.3) is 0 Å². The smallest absolute Gasteiger partial charge is 0.294 e. The Morgan fingerprint density at radius 3 is 2.19 bits per heavy atom. The predicted molar refractivity (Wildman–Crippen MR) is 170 cm³/mol. The van der Waals surface area contributed by atoms with E-state index in [1.54, 1.807) is 6.08 Å². The van der Waals surface area contributed by atoms with Crippen LogP contribution in [0.5, 0.6) is 0 Å². The number of ether oxygens (including phenoxy) is 6. The maximum Gasteiger partial charge on any atom is 0.294 e. The van der Waals surface area contributed by atoms with Crippen LogP contribution in [0.1, 0.15) is 12.8 Å². The Hall–Kier alpha value is -1.85. The molecule has 1 amide bonds. The maximum absolute atomic E-state index is 14.0. The minimum absolute atomic E-state index is 0.128. The van der Waals surface area contributed by atoms with Gasteiger partial charge in [-0.3, -0.25) is 4.79 Å². The van der Waals surface area contributed by atoms with Gasteiger partial charge >= 0.3 is 0 Å². The van der Waals surface area contributed by atoms with Crippen molar-refractivity contribution in [2.24, 2.45) is 28.7 Å². The summed E-state index contributed by atoms with van der Waals surface area (Å²) < 4.78 is 63.3. The highest BCUT2D eigenvalue weighted by Crippen LogP contribution is 2.34. The number of carbonyl (C=O) groups is 1. The Morgan fingerprint density at radius 1 is 0.904 bits per heavy atom. The first-order valence-corrected chi connectivity index (χ1v) is 16.9. The Kier molecular flexibility index (Phi) is 15.4. The molecule has 0 spiro atoms. The van der Waals surface area contributed by atoms with Gasteiger partial charge in [-0.25, -0.2) is 8.78 Å². The van der Waals surface area contributed by atoms with Crippen molar-refractivity contribution in [2.45, 2.75) is 123 Å². The molecule has 1 saturated carbocycles. The molecule has 0 aromatic heterocycles. The van der Waals surface area contributed by atoms with E-state index >= 15 is 0 Å². The van der Waals surface area contributed by atoms with Gasteiger partial charge in [-0.1, -0.05) is 0 Å². The summed E-state index contributed by atoms with van der Waals surface area (Å²) in [6.07, 6.45) is -18.9. The van der Waals surface area contributed by atoms with Crippen LogP contribution in [-0.4, -0.2) is 191 Å². The fraction of sp³-hybridized carbons (Fsp3) is 0.897. The summed E-state index contributed by atoms with van der Waals surface area (Å²) in [6, 6.07) is -4.65. The first-order valence-electron chi connectivity index (χ1n) is 16.9. The van der Waals surface area contributed by atoms with Crippen LogP contribution in [0.3, 0.4) is 0 Å². The SMILES string of the molecule is NC[C@@H]1O[C@H](O[C@H]2[C@@H](O)[C@H](O[C@@H]3[C@@H](O)[C@H](NC(=O)[C@@H](O)C(F)(F)CN)C[C@H](N)[C@H]3O[C@H]3OC(CNCCO)=CC[C@H]3N)O[C@@H]2CO)[C@H](N)[C@@H](O)[C@@H]1O. The van der Waals surface area contributed by atoms with Gasteiger partial charge in [-0.05, 0) is 18.9 Å². The van der Waals surface area contributed by atoms with Crippen LogP contribution in [0.15, 0.2) is 11.8 Å². The lowest BCUT2D eigenvalue weighted by Gasteiger charge is -2.46. The molecule has 0 aromatic rings. The average Bonchev–Trinajstić information content (AvgIpc) is 3.42. The third-order valence-corrected chi connectivity index (χ3v) is 9.42. The molecule has 0 unspecified atom stereocenters. The summed E-state index contributed by atoms with van der Waals surface area (Å²) in [4.78, 5) is 12.6. The molecule has 0 aromatic carbocycles. The van der Waals surface area contributed by atoms with Crippen molar-refractivity contribution in [1.82, 2.24) is 10.6 Å². The molecule has 19 N–H and O–H groups in total. The quantitative estimate of drug-likeness (QED) is 0.0649. The fourth-order valence-corrected chi connectivity index (χ4v) is 6.34. The second kappa shape index (κ2) is 18.7. The molecular weight excluding hydrogens is 708 g/mol. The molecule has 4 rings (SSSR count). The van der Waals surface area contributed by atoms with Crippen LogP contribution < -0.4 is 39.3 Å². The fourth-order valence-electron chi connectivity index (χ4n) is 6.34. The number of alkyl halides is 2. The molecule has 23 heteroatoms. The number of nitrogens with two attached hydrogens (primary N) is 5. The zero-order valence-electron chi connectivity index (χ0n) is 28.2. The summed E-state index contributed by atoms with van der Waals surface area (Å²) in [6.45, 7) is -1.98. The monoisotopic (exact) mass is 761 g/mol. The third-order valence-electron chi connectivity index (χ3n) is 9.42. The predicted octanol–water partition coefficient (Wildman–Crippen LogP) is -7.98. The molecule has 1 aliphatic carbocycles. The lowest BCUT2D eigenvalue weighted by atomic mass is 9.83. The largest absolute Gasteiger partial charge is 0.467 e. The van der Waals surface area contributed by atoms with Gasteiger partial charge in [0.25, 0.3) is 11.8 Å². The van der Waals surface area contributed by atoms with Gasteiger partial charge in [0, 0.05) is 19.1 Å². The van der Waals surface area contributed by atoms with Crippen molar-refractivity contribution in [3.05, 3.63) is 11.8 Å². The van der Waals surface area contributed by atoms with Gasteiger partial charge in [-0.15, -0.1) is 0 Å². The van der Waals surface area contributed by atoms with Crippen molar-refractivity contribution < 1.29 is 77.7 Å². The minimum atomic E-state index is -4.00. The van der Waals surface area contributed by atoms with Gasteiger partial charge in [0.2, 0.25) is 6.29 Å². The molecule has 0 radical (unpaired) electrons. The summed E-state index contributed by atoms with van der Waals surface area (Å²) in [7, 11) is 0. The van der Waals surface area contributed by atoms with Crippen LogP contribution in [-0.2, 0) is 33.2 Å². The number of carbonyl (C=O) groups excluding carboxylic acids is 1. The van der Waals surface area contributed by atoms with E-state index in [9.17, 15) is 44.2 Å². The normalized spacial score (nSPS) is 42.0. The van der Waals surface area contributed by atoms with Crippen LogP contribution in [0.2, 0.25) is 0 Å². The summed E-state index contributed by atoms with van der Waals surface area (Å²) in [5.41, 5.74) is 29.3. The first-order chi connectivity index (χ1) is 24.6. The van der Waals surface area contributed by atoms with E-state index in [1.165, 1.54) is 0 Å². The Balaban J connectivity index is 1.56. The van der Waals surface area contributed by atoms with Gasteiger partial charge in [-0.2, -0.15) is 0 Å². The molecule has 0 bridgehead atoms. The molecule has 4 aliphatic rings. The molecule has 3 heterocycles. The molecular formula is C29H53F2N7O14. The van der Waals surface area contributed by atoms with Crippen LogP contribution in [0, 0.1) is 0 Å². The number of nitrogens with one attached hydrogen (secondary N) is 2. The number of aliphatic hydroxyl groups excluding tert-OH is 7. The second-order valence-electron chi connectivity index (χ2n) is 13.2. The molecule has 3 fully saturated rings. The summed E-state index contributed by atoms with van der Waals surface area (Å²) >= 11 is 0. The maximum atomic E-state index is 14.0. The molecule has 21 nitrogen and oxygen atoms in total. The Labute approximate surface area is 297 Å². The zero-order valence-corrected chi connectivity index (χ0v) is 28.2. The van der Waals surface area contributed by atoms with Crippen molar-refractivity contribution >= 4 is 5.91 Å². The van der Waals surface area contributed by atoms with Crippen molar-refractivity contribution in [3.8, 4) is 0 Å². The highest BCUT2D eigenvalue weighted by Gasteiger charge is 2.54. The van der Waals surface area contributed by atoms with Crippen molar-refractivity contribution in [2.75, 3.05) is 39.4 Å². The van der Waals surface area contributed by atoms with E-state index < -0.39 is 129 Å². The number of rotatable bonds is 16. The number of hydrogen-bond acceptors (Lipinski definition) is 20. The van der Waals surface area contributed by atoms with Gasteiger partial charge in [0.05, 0.1) is 44.4 Å². The van der Waals surface area contributed by atoms with Gasteiger partial charge in [0.15, 0.2) is 18.7 Å². The average molecular weight is 762 g/mol. The Morgan fingerprint density at radius 2 is 1.56 bits per heavy atom. The molecule has 52 heavy (non-hydrogen) atoms. The standard InChI is InChI=1S/C29H53F2N7O14/c30-29(31,9-33)24(45)25(46)38-13-5-12(35)21(50-26-11(34)2-1-10(47-26)7-37-3-4-39)23(17(13)41)52-28-20(44)22(15(8-40)49-28)51-27-16(36)19(43)18(42)14(6-32)48-27/h1,11-24,26-28,37,39-45H,2-9,32-36H2,(H,38,46)/t11-,12+,13-,14+,15-,16-,17+,18-,19-,20-,21-,22-,23-,24-,26-,27-,28+/m1/s1. The number of aliphatic hydroxyl groups is 7. The topological polar surface area (TPSA) is 368 Å². The molecule has 302 valence electrons. The van der Waals surface area contributed by atoms with Crippen molar-refractivity contribution in [1.29, 1.82) is 0 Å². The van der Waals surface area contributed by atoms with Crippen molar-refractivity contribution in [3.63, 3.8) is 0 Å². The van der Waals surface area contributed by atoms with Gasteiger partial charge < -0.3 is 103 Å². The second-order valence-corrected chi connectivity index (χ2v) is 13.2. The van der Waals surface area contributed by atoms with E-state index in [0.29, 0.717) is 5.76 Å². The third kappa shape index (κ3) is 9.68. The van der Waals surface area contributed by atoms with Crippen LogP contribution >= 0.6 is 0 Å². The lowest BCUT2D eigenvalue weighted by Crippen LogP contribution is -2.67. The number of halogens is 2. The van der Waals surface area contributed by atoms with Gasteiger partial charge in [0.1, 0.15) is 60.7 Å². The summed E-state index contributed by atoms with van der Waals surface area (Å²) in [5.74, 6) is -5.15. The van der Waals surface area contributed by atoms with E-state index in [2.05, 4.69) is 10.6 Å². The molecule has 17 atom stereocenters.